The SMILES string of the molecule is O=C(CCCNC(=O)c1ccco1)OCC(=O)N1CCN(c2cccc(Cl)c2)CC1. The van der Waals surface area contributed by atoms with Crippen LogP contribution in [0.5, 0.6) is 0 Å². The van der Waals surface area contributed by atoms with Crippen molar-refractivity contribution in [3.8, 4) is 0 Å². The predicted molar refractivity (Wildman–Crippen MR) is 111 cm³/mol. The quantitative estimate of drug-likeness (QED) is 0.507. The summed E-state index contributed by atoms with van der Waals surface area (Å²) in [5.41, 5.74) is 1.03. The number of nitrogens with one attached hydrogen (secondary N) is 1. The largest absolute Gasteiger partial charge is 0.459 e. The van der Waals surface area contributed by atoms with Crippen LogP contribution in [-0.4, -0.2) is 62.0 Å². The van der Waals surface area contributed by atoms with Crippen LogP contribution in [0.15, 0.2) is 47.1 Å². The van der Waals surface area contributed by atoms with Gasteiger partial charge >= 0.3 is 5.97 Å². The number of esters is 1. The third-order valence-electron chi connectivity index (χ3n) is 4.75. The number of amides is 2. The number of nitrogens with zero attached hydrogens (tertiary/aromatic N) is 2. The van der Waals surface area contributed by atoms with Gasteiger partial charge < -0.3 is 24.3 Å². The van der Waals surface area contributed by atoms with Gasteiger partial charge in [0.25, 0.3) is 11.8 Å². The second kappa shape index (κ2) is 10.7. The summed E-state index contributed by atoms with van der Waals surface area (Å²) in [6, 6.07) is 10.8. The van der Waals surface area contributed by atoms with Gasteiger partial charge in [-0.05, 0) is 36.8 Å². The number of anilines is 1. The molecule has 30 heavy (non-hydrogen) atoms. The molecule has 3 rings (SSSR count). The second-order valence-corrected chi connectivity index (χ2v) is 7.28. The summed E-state index contributed by atoms with van der Waals surface area (Å²) in [5, 5.41) is 3.33. The summed E-state index contributed by atoms with van der Waals surface area (Å²) in [6.45, 7) is 2.54. The lowest BCUT2D eigenvalue weighted by molar-refractivity contribution is -0.152. The maximum absolute atomic E-state index is 12.3. The summed E-state index contributed by atoms with van der Waals surface area (Å²) in [7, 11) is 0. The highest BCUT2D eigenvalue weighted by Crippen LogP contribution is 2.20. The highest BCUT2D eigenvalue weighted by Gasteiger charge is 2.22. The van der Waals surface area contributed by atoms with Crippen molar-refractivity contribution in [1.82, 2.24) is 10.2 Å². The van der Waals surface area contributed by atoms with Gasteiger partial charge in [0.2, 0.25) is 0 Å². The van der Waals surface area contributed by atoms with E-state index in [9.17, 15) is 14.4 Å². The maximum atomic E-state index is 12.3. The molecule has 1 saturated heterocycles. The summed E-state index contributed by atoms with van der Waals surface area (Å²) in [5.74, 6) is -0.785. The number of carbonyl (C=O) groups is 3. The molecule has 0 unspecified atom stereocenters. The Balaban J connectivity index is 1.30. The zero-order valence-corrected chi connectivity index (χ0v) is 17.3. The first kappa shape index (κ1) is 21.7. The van der Waals surface area contributed by atoms with Crippen LogP contribution in [0, 0.1) is 0 Å². The fraction of sp³-hybridized carbons (Fsp3) is 0.381. The molecule has 0 atom stereocenters. The van der Waals surface area contributed by atoms with Crippen LogP contribution in [0.4, 0.5) is 5.69 Å². The molecule has 0 aliphatic carbocycles. The Morgan fingerprint density at radius 1 is 1.10 bits per heavy atom. The first-order valence-corrected chi connectivity index (χ1v) is 10.2. The summed E-state index contributed by atoms with van der Waals surface area (Å²) in [4.78, 5) is 39.7. The van der Waals surface area contributed by atoms with Crippen molar-refractivity contribution in [3.63, 3.8) is 0 Å². The average Bonchev–Trinajstić information content (AvgIpc) is 3.30. The van der Waals surface area contributed by atoms with Crippen LogP contribution >= 0.6 is 11.6 Å². The van der Waals surface area contributed by atoms with Gasteiger partial charge in [-0.2, -0.15) is 0 Å². The zero-order valence-electron chi connectivity index (χ0n) is 16.5. The Labute approximate surface area is 179 Å². The van der Waals surface area contributed by atoms with E-state index in [-0.39, 0.29) is 30.6 Å². The third-order valence-corrected chi connectivity index (χ3v) is 4.99. The minimum absolute atomic E-state index is 0.119. The van der Waals surface area contributed by atoms with E-state index in [0.717, 1.165) is 5.69 Å². The topological polar surface area (TPSA) is 92.1 Å². The molecule has 8 nitrogen and oxygen atoms in total. The van der Waals surface area contributed by atoms with Crippen LogP contribution in [0.3, 0.4) is 0 Å². The average molecular weight is 434 g/mol. The van der Waals surface area contributed by atoms with Crippen LogP contribution in [0.25, 0.3) is 0 Å². The van der Waals surface area contributed by atoms with E-state index in [4.69, 9.17) is 20.8 Å². The van der Waals surface area contributed by atoms with Crippen molar-refractivity contribution in [1.29, 1.82) is 0 Å². The van der Waals surface area contributed by atoms with E-state index >= 15 is 0 Å². The second-order valence-electron chi connectivity index (χ2n) is 6.85. The van der Waals surface area contributed by atoms with Gasteiger partial charge in [0.1, 0.15) is 0 Å². The maximum Gasteiger partial charge on any atom is 0.306 e. The Bertz CT molecular complexity index is 863. The Hall–Kier alpha value is -3.00. The van der Waals surface area contributed by atoms with Gasteiger partial charge in [-0.1, -0.05) is 17.7 Å². The fourth-order valence-electron chi connectivity index (χ4n) is 3.12. The van der Waals surface area contributed by atoms with Crippen molar-refractivity contribution < 1.29 is 23.5 Å². The molecule has 160 valence electrons. The van der Waals surface area contributed by atoms with Crippen molar-refractivity contribution in [2.24, 2.45) is 0 Å². The summed E-state index contributed by atoms with van der Waals surface area (Å²) >= 11 is 6.03. The number of furan rings is 1. The van der Waals surface area contributed by atoms with Gasteiger partial charge in [0.15, 0.2) is 12.4 Å². The molecule has 0 radical (unpaired) electrons. The Morgan fingerprint density at radius 2 is 1.90 bits per heavy atom. The molecule has 1 aliphatic rings. The first-order valence-electron chi connectivity index (χ1n) is 9.78. The molecule has 0 spiro atoms. The van der Waals surface area contributed by atoms with Gasteiger partial charge in [0.05, 0.1) is 6.26 Å². The van der Waals surface area contributed by atoms with Crippen molar-refractivity contribution >= 4 is 35.1 Å². The Morgan fingerprint density at radius 3 is 2.60 bits per heavy atom. The van der Waals surface area contributed by atoms with E-state index in [2.05, 4.69) is 10.2 Å². The van der Waals surface area contributed by atoms with E-state index in [1.807, 2.05) is 24.3 Å². The monoisotopic (exact) mass is 433 g/mol. The highest BCUT2D eigenvalue weighted by atomic mass is 35.5. The summed E-state index contributed by atoms with van der Waals surface area (Å²) in [6.07, 6.45) is 1.95. The van der Waals surface area contributed by atoms with Gasteiger partial charge in [-0.15, -0.1) is 0 Å². The van der Waals surface area contributed by atoms with Gasteiger partial charge in [-0.25, -0.2) is 0 Å². The number of rotatable bonds is 8. The number of ether oxygens (including phenoxy) is 1. The molecule has 0 bridgehead atoms. The molecule has 1 N–H and O–H groups in total. The lowest BCUT2D eigenvalue weighted by Gasteiger charge is -2.36. The molecular formula is C21H24ClN3O5. The van der Waals surface area contributed by atoms with E-state index in [0.29, 0.717) is 44.2 Å². The lowest BCUT2D eigenvalue weighted by Crippen LogP contribution is -2.49. The number of benzene rings is 1. The molecule has 9 heteroatoms. The zero-order chi connectivity index (χ0) is 21.3. The molecule has 1 aliphatic heterocycles. The molecule has 1 aromatic carbocycles. The van der Waals surface area contributed by atoms with Gasteiger partial charge in [0, 0.05) is 49.9 Å². The normalized spacial score (nSPS) is 13.8. The smallest absolute Gasteiger partial charge is 0.306 e. The van der Waals surface area contributed by atoms with Crippen molar-refractivity contribution in [2.45, 2.75) is 12.8 Å². The molecule has 1 aromatic heterocycles. The number of carbonyl (C=O) groups excluding carboxylic acids is 3. The molecule has 0 saturated carbocycles. The van der Waals surface area contributed by atoms with E-state index in [1.54, 1.807) is 17.0 Å². The predicted octanol–water partition coefficient (Wildman–Crippen LogP) is 2.33. The van der Waals surface area contributed by atoms with Crippen LogP contribution in [0.1, 0.15) is 23.4 Å². The number of piperazine rings is 1. The minimum atomic E-state index is -0.465. The molecule has 2 heterocycles. The molecule has 1 fully saturated rings. The van der Waals surface area contributed by atoms with Crippen molar-refractivity contribution in [3.05, 3.63) is 53.4 Å². The van der Waals surface area contributed by atoms with E-state index < -0.39 is 5.97 Å². The van der Waals surface area contributed by atoms with Crippen molar-refractivity contribution in [2.75, 3.05) is 44.2 Å². The number of halogens is 1. The van der Waals surface area contributed by atoms with Gasteiger partial charge in [-0.3, -0.25) is 14.4 Å². The fourth-order valence-corrected chi connectivity index (χ4v) is 3.31. The minimum Gasteiger partial charge on any atom is -0.459 e. The lowest BCUT2D eigenvalue weighted by atomic mass is 10.2. The standard InChI is InChI=1S/C21H24ClN3O5/c22-16-4-1-5-17(14-16)24-9-11-25(12-10-24)19(26)15-30-20(27)7-2-8-23-21(28)18-6-3-13-29-18/h1,3-6,13-14H,2,7-12,15H2,(H,23,28). The molecule has 2 amide bonds. The third kappa shape index (κ3) is 6.25. The number of hydrogen-bond donors (Lipinski definition) is 1. The van der Waals surface area contributed by atoms with E-state index in [1.165, 1.54) is 6.26 Å². The number of hydrogen-bond acceptors (Lipinski definition) is 6. The summed E-state index contributed by atoms with van der Waals surface area (Å²) < 4.78 is 10.0. The molecular weight excluding hydrogens is 410 g/mol. The molecule has 2 aromatic rings. The highest BCUT2D eigenvalue weighted by molar-refractivity contribution is 6.30. The first-order chi connectivity index (χ1) is 14.5. The van der Waals surface area contributed by atoms with Crippen LogP contribution in [0.2, 0.25) is 5.02 Å². The van der Waals surface area contributed by atoms with Crippen LogP contribution in [-0.2, 0) is 14.3 Å². The Kier molecular flexibility index (Phi) is 7.73. The van der Waals surface area contributed by atoms with Crippen LogP contribution < -0.4 is 10.2 Å².